The Bertz CT molecular complexity index is 431. The van der Waals surface area contributed by atoms with Crippen molar-refractivity contribution in [2.24, 2.45) is 5.84 Å². The number of hydrogen-bond acceptors (Lipinski definition) is 3. The average Bonchev–Trinajstić information content (AvgIpc) is 3.00. The molecule has 2 atom stereocenters. The molecule has 1 fully saturated rings. The zero-order valence-electron chi connectivity index (χ0n) is 12.5. The maximum Gasteiger partial charge on any atom is 0.0432 e. The van der Waals surface area contributed by atoms with E-state index in [2.05, 4.69) is 64.4 Å². The van der Waals surface area contributed by atoms with Crippen LogP contribution in [0.2, 0.25) is 0 Å². The van der Waals surface area contributed by atoms with Crippen LogP contribution in [0.25, 0.3) is 0 Å². The van der Waals surface area contributed by atoms with E-state index in [0.29, 0.717) is 0 Å². The average molecular weight is 340 g/mol. The largest absolute Gasteiger partial charge is 0.296 e. The molecule has 1 aliphatic rings. The zero-order chi connectivity index (χ0) is 14.6. The quantitative estimate of drug-likeness (QED) is 0.618. The third-order valence-electron chi connectivity index (χ3n) is 4.88. The van der Waals surface area contributed by atoms with Gasteiger partial charge < -0.3 is 0 Å². The lowest BCUT2D eigenvalue weighted by Crippen LogP contribution is -2.61. The van der Waals surface area contributed by atoms with Crippen molar-refractivity contribution < 1.29 is 0 Å². The Labute approximate surface area is 131 Å². The third kappa shape index (κ3) is 3.25. The molecule has 2 rings (SSSR count). The van der Waals surface area contributed by atoms with E-state index < -0.39 is 0 Å². The summed E-state index contributed by atoms with van der Waals surface area (Å²) in [6, 6.07) is 8.67. The van der Waals surface area contributed by atoms with E-state index in [9.17, 15) is 0 Å². The van der Waals surface area contributed by atoms with Crippen molar-refractivity contribution in [3.05, 3.63) is 34.3 Å². The van der Waals surface area contributed by atoms with E-state index >= 15 is 0 Å². The van der Waals surface area contributed by atoms with Crippen LogP contribution in [0.15, 0.2) is 28.7 Å². The second-order valence-electron chi connectivity index (χ2n) is 5.92. The molecule has 0 bridgehead atoms. The van der Waals surface area contributed by atoms with Crippen molar-refractivity contribution >= 4 is 15.9 Å². The number of hydrazine groups is 1. The number of rotatable bonds is 6. The van der Waals surface area contributed by atoms with Crippen LogP contribution in [0.1, 0.15) is 38.7 Å². The fourth-order valence-corrected chi connectivity index (χ4v) is 3.71. The van der Waals surface area contributed by atoms with E-state index in [1.807, 2.05) is 0 Å². The summed E-state index contributed by atoms with van der Waals surface area (Å²) in [5, 5.41) is 0. The van der Waals surface area contributed by atoms with Gasteiger partial charge in [-0.15, -0.1) is 0 Å². The van der Waals surface area contributed by atoms with Gasteiger partial charge >= 0.3 is 0 Å². The van der Waals surface area contributed by atoms with Gasteiger partial charge in [-0.25, -0.2) is 0 Å². The molecule has 20 heavy (non-hydrogen) atoms. The summed E-state index contributed by atoms with van der Waals surface area (Å²) in [6.45, 7) is 7.00. The second-order valence-corrected chi connectivity index (χ2v) is 6.77. The van der Waals surface area contributed by atoms with Crippen LogP contribution in [0.3, 0.4) is 0 Å². The van der Waals surface area contributed by atoms with E-state index in [1.54, 1.807) is 0 Å². The van der Waals surface area contributed by atoms with E-state index in [4.69, 9.17) is 5.84 Å². The molecule has 2 unspecified atom stereocenters. The molecule has 112 valence electrons. The van der Waals surface area contributed by atoms with Crippen molar-refractivity contribution in [3.8, 4) is 0 Å². The molecule has 1 aromatic carbocycles. The lowest BCUT2D eigenvalue weighted by atomic mass is 9.84. The van der Waals surface area contributed by atoms with Gasteiger partial charge in [0, 0.05) is 16.1 Å². The molecule has 4 heteroatoms. The highest BCUT2D eigenvalue weighted by Gasteiger charge is 2.39. The molecule has 1 heterocycles. The fraction of sp³-hybridized carbons (Fsp3) is 0.625. The van der Waals surface area contributed by atoms with E-state index in [1.165, 1.54) is 36.0 Å². The van der Waals surface area contributed by atoms with E-state index in [-0.39, 0.29) is 11.6 Å². The number of nitrogens with one attached hydrogen (secondary N) is 1. The van der Waals surface area contributed by atoms with Crippen LogP contribution in [0, 0.1) is 0 Å². The highest BCUT2D eigenvalue weighted by molar-refractivity contribution is 9.10. The minimum absolute atomic E-state index is 0.112. The Hall–Kier alpha value is -0.420. The van der Waals surface area contributed by atoms with Crippen molar-refractivity contribution in [2.75, 3.05) is 13.1 Å². The van der Waals surface area contributed by atoms with Crippen LogP contribution < -0.4 is 11.3 Å². The maximum absolute atomic E-state index is 5.91. The van der Waals surface area contributed by atoms with Gasteiger partial charge in [0.2, 0.25) is 0 Å². The number of nitrogens with zero attached hydrogens (tertiary/aromatic N) is 1. The minimum Gasteiger partial charge on any atom is -0.296 e. The minimum atomic E-state index is 0.112. The van der Waals surface area contributed by atoms with Crippen LogP contribution >= 0.6 is 15.9 Å². The third-order valence-corrected chi connectivity index (χ3v) is 5.65. The Morgan fingerprint density at radius 2 is 2.00 bits per heavy atom. The Morgan fingerprint density at radius 3 is 2.55 bits per heavy atom. The van der Waals surface area contributed by atoms with Gasteiger partial charge in [-0.2, -0.15) is 0 Å². The standard InChI is InChI=1S/C16H26BrN3/c1-3-16(2,20-10-6-7-11-20)15(19-18)12-13-8-4-5-9-14(13)17/h4-5,8-9,15,19H,3,6-7,10-12,18H2,1-2H3. The van der Waals surface area contributed by atoms with Gasteiger partial charge in [0.25, 0.3) is 0 Å². The van der Waals surface area contributed by atoms with Gasteiger partial charge in [-0.3, -0.25) is 16.2 Å². The first-order chi connectivity index (χ1) is 9.61. The molecule has 1 saturated heterocycles. The monoisotopic (exact) mass is 339 g/mol. The molecule has 3 N–H and O–H groups in total. The molecule has 0 aromatic heterocycles. The smallest absolute Gasteiger partial charge is 0.0432 e. The first-order valence-corrected chi connectivity index (χ1v) is 8.35. The number of likely N-dealkylation sites (tertiary alicyclic amines) is 1. The molecular formula is C16H26BrN3. The maximum atomic E-state index is 5.91. The molecule has 0 amide bonds. The topological polar surface area (TPSA) is 41.3 Å². The van der Waals surface area contributed by atoms with Gasteiger partial charge in [0.1, 0.15) is 0 Å². The predicted molar refractivity (Wildman–Crippen MR) is 88.5 cm³/mol. The fourth-order valence-electron chi connectivity index (χ4n) is 3.26. The number of hydrogen-bond donors (Lipinski definition) is 2. The highest BCUT2D eigenvalue weighted by atomic mass is 79.9. The Balaban J connectivity index is 2.19. The Kier molecular flexibility index (Phi) is 5.61. The second kappa shape index (κ2) is 7.03. The summed E-state index contributed by atoms with van der Waals surface area (Å²) >= 11 is 3.64. The summed E-state index contributed by atoms with van der Waals surface area (Å²) in [5.41, 5.74) is 4.51. The molecule has 0 spiro atoms. The SMILES string of the molecule is CCC(C)(C(Cc1ccccc1Br)NN)N1CCCC1. The Morgan fingerprint density at radius 1 is 1.35 bits per heavy atom. The summed E-state index contributed by atoms with van der Waals surface area (Å²) in [7, 11) is 0. The molecule has 3 nitrogen and oxygen atoms in total. The van der Waals surface area contributed by atoms with Gasteiger partial charge in [0.05, 0.1) is 0 Å². The number of nitrogens with two attached hydrogens (primary N) is 1. The first-order valence-electron chi connectivity index (χ1n) is 7.56. The molecule has 0 saturated carbocycles. The zero-order valence-corrected chi connectivity index (χ0v) is 14.1. The molecule has 0 radical (unpaired) electrons. The summed E-state index contributed by atoms with van der Waals surface area (Å²) < 4.78 is 1.17. The van der Waals surface area contributed by atoms with Crippen molar-refractivity contribution in [1.82, 2.24) is 10.3 Å². The van der Waals surface area contributed by atoms with Crippen LogP contribution in [0.4, 0.5) is 0 Å². The van der Waals surface area contributed by atoms with Crippen LogP contribution in [0.5, 0.6) is 0 Å². The molecule has 1 aliphatic heterocycles. The normalized spacial score (nSPS) is 20.8. The summed E-state index contributed by atoms with van der Waals surface area (Å²) in [4.78, 5) is 2.61. The highest BCUT2D eigenvalue weighted by Crippen LogP contribution is 2.30. The summed E-state index contributed by atoms with van der Waals surface area (Å²) in [5.74, 6) is 5.91. The summed E-state index contributed by atoms with van der Waals surface area (Å²) in [6.07, 6.45) is 4.66. The lowest BCUT2D eigenvalue weighted by Gasteiger charge is -2.44. The molecule has 0 aliphatic carbocycles. The first kappa shape index (κ1) is 16.0. The number of halogens is 1. The van der Waals surface area contributed by atoms with Gasteiger partial charge in [-0.1, -0.05) is 41.1 Å². The van der Waals surface area contributed by atoms with Crippen LogP contribution in [-0.2, 0) is 6.42 Å². The molecule has 1 aromatic rings. The molecular weight excluding hydrogens is 314 g/mol. The number of benzene rings is 1. The van der Waals surface area contributed by atoms with Crippen molar-refractivity contribution in [2.45, 2.75) is 51.1 Å². The van der Waals surface area contributed by atoms with Crippen molar-refractivity contribution in [1.29, 1.82) is 0 Å². The van der Waals surface area contributed by atoms with Gasteiger partial charge in [-0.05, 0) is 57.3 Å². The van der Waals surface area contributed by atoms with Crippen LogP contribution in [-0.4, -0.2) is 29.6 Å². The predicted octanol–water partition coefficient (Wildman–Crippen LogP) is 3.09. The lowest BCUT2D eigenvalue weighted by molar-refractivity contribution is 0.0840. The van der Waals surface area contributed by atoms with Crippen molar-refractivity contribution in [3.63, 3.8) is 0 Å². The van der Waals surface area contributed by atoms with E-state index in [0.717, 1.165) is 12.8 Å². The van der Waals surface area contributed by atoms with Gasteiger partial charge in [0.15, 0.2) is 0 Å².